The molecule has 2 aromatic heterocycles. The molecule has 0 atom stereocenters. The Morgan fingerprint density at radius 2 is 2.13 bits per heavy atom. The molecule has 0 spiro atoms. The predicted molar refractivity (Wildman–Crippen MR) is 89.4 cm³/mol. The van der Waals surface area contributed by atoms with Gasteiger partial charge in [0.05, 0.1) is 12.8 Å². The van der Waals surface area contributed by atoms with Crippen molar-refractivity contribution in [2.45, 2.75) is 39.3 Å². The number of nitrogens with zero attached hydrogens (tertiary/aromatic N) is 1. The first-order valence-corrected chi connectivity index (χ1v) is 8.05. The standard InChI is InChI=1S/C19H20N2O2/c1-12-8-13(2)16-10-18(20-17(16)9-12)19(22)21(14-5-6-14)11-15-4-3-7-23-15/h3-4,7-10,14,20H,5-6,11H2,1-2H3. The van der Waals surface area contributed by atoms with Crippen LogP contribution in [0, 0.1) is 13.8 Å². The number of carbonyl (C=O) groups excluding carboxylic acids is 1. The van der Waals surface area contributed by atoms with Gasteiger partial charge in [0, 0.05) is 16.9 Å². The number of fused-ring (bicyclic) bond motifs is 1. The molecule has 0 radical (unpaired) electrons. The second-order valence-electron chi connectivity index (χ2n) is 6.47. The van der Waals surface area contributed by atoms with Gasteiger partial charge in [-0.25, -0.2) is 0 Å². The number of aryl methyl sites for hydroxylation is 2. The number of furan rings is 1. The maximum Gasteiger partial charge on any atom is 0.270 e. The average Bonchev–Trinajstić information content (AvgIpc) is 3.05. The molecule has 1 aliphatic carbocycles. The van der Waals surface area contributed by atoms with Gasteiger partial charge in [0.25, 0.3) is 5.91 Å². The van der Waals surface area contributed by atoms with Crippen LogP contribution in [0.1, 0.15) is 40.2 Å². The molecule has 1 saturated carbocycles. The minimum absolute atomic E-state index is 0.0529. The minimum atomic E-state index is 0.0529. The van der Waals surface area contributed by atoms with Crippen LogP contribution in [0.2, 0.25) is 0 Å². The Bertz CT molecular complexity index is 857. The predicted octanol–water partition coefficient (Wildman–Crippen LogP) is 4.18. The lowest BCUT2D eigenvalue weighted by atomic mass is 10.1. The van der Waals surface area contributed by atoms with E-state index < -0.39 is 0 Å². The van der Waals surface area contributed by atoms with E-state index in [1.807, 2.05) is 23.1 Å². The Hall–Kier alpha value is -2.49. The molecule has 0 bridgehead atoms. The maximum atomic E-state index is 13.0. The first kappa shape index (κ1) is 14.1. The fourth-order valence-electron chi connectivity index (χ4n) is 3.19. The van der Waals surface area contributed by atoms with E-state index in [2.05, 4.69) is 31.0 Å². The minimum Gasteiger partial charge on any atom is -0.467 e. The summed E-state index contributed by atoms with van der Waals surface area (Å²) in [5.74, 6) is 0.880. The molecule has 118 valence electrons. The summed E-state index contributed by atoms with van der Waals surface area (Å²) in [5, 5.41) is 1.12. The van der Waals surface area contributed by atoms with Crippen molar-refractivity contribution in [2.75, 3.05) is 0 Å². The van der Waals surface area contributed by atoms with Gasteiger partial charge in [-0.1, -0.05) is 6.07 Å². The molecule has 1 N–H and O–H groups in total. The topological polar surface area (TPSA) is 49.2 Å². The van der Waals surface area contributed by atoms with E-state index in [0.717, 1.165) is 29.5 Å². The third-order valence-electron chi connectivity index (χ3n) is 4.47. The zero-order chi connectivity index (χ0) is 16.0. The summed E-state index contributed by atoms with van der Waals surface area (Å²) in [6, 6.07) is 10.3. The van der Waals surface area contributed by atoms with Crippen molar-refractivity contribution in [3.05, 3.63) is 59.2 Å². The highest BCUT2D eigenvalue weighted by Gasteiger charge is 2.34. The molecule has 4 rings (SSSR count). The van der Waals surface area contributed by atoms with Crippen molar-refractivity contribution in [2.24, 2.45) is 0 Å². The number of nitrogens with one attached hydrogen (secondary N) is 1. The summed E-state index contributed by atoms with van der Waals surface area (Å²) < 4.78 is 5.42. The van der Waals surface area contributed by atoms with Crippen molar-refractivity contribution in [3.8, 4) is 0 Å². The molecule has 4 nitrogen and oxygen atoms in total. The Morgan fingerprint density at radius 1 is 1.30 bits per heavy atom. The number of hydrogen-bond donors (Lipinski definition) is 1. The van der Waals surface area contributed by atoms with Gasteiger partial charge < -0.3 is 14.3 Å². The van der Waals surface area contributed by atoms with Gasteiger partial charge in [0.15, 0.2) is 0 Å². The van der Waals surface area contributed by atoms with Crippen LogP contribution in [0.4, 0.5) is 0 Å². The van der Waals surface area contributed by atoms with E-state index in [1.165, 1.54) is 11.1 Å². The van der Waals surface area contributed by atoms with Crippen LogP contribution in [0.3, 0.4) is 0 Å². The molecular weight excluding hydrogens is 288 g/mol. The van der Waals surface area contributed by atoms with Gasteiger partial charge in [-0.2, -0.15) is 0 Å². The molecule has 1 aromatic carbocycles. The van der Waals surface area contributed by atoms with Crippen LogP contribution in [-0.4, -0.2) is 21.8 Å². The van der Waals surface area contributed by atoms with Gasteiger partial charge in [0.2, 0.25) is 0 Å². The third kappa shape index (κ3) is 2.65. The van der Waals surface area contributed by atoms with Gasteiger partial charge in [-0.15, -0.1) is 0 Å². The second-order valence-corrected chi connectivity index (χ2v) is 6.47. The van der Waals surface area contributed by atoms with Crippen LogP contribution in [0.5, 0.6) is 0 Å². The lowest BCUT2D eigenvalue weighted by Gasteiger charge is -2.20. The first-order valence-electron chi connectivity index (χ1n) is 8.05. The fourth-order valence-corrected chi connectivity index (χ4v) is 3.19. The third-order valence-corrected chi connectivity index (χ3v) is 4.47. The molecule has 1 amide bonds. The normalized spacial score (nSPS) is 14.3. The van der Waals surface area contributed by atoms with Gasteiger partial charge in [-0.3, -0.25) is 4.79 Å². The zero-order valence-corrected chi connectivity index (χ0v) is 13.4. The number of hydrogen-bond acceptors (Lipinski definition) is 2. The number of rotatable bonds is 4. The maximum absolute atomic E-state index is 13.0. The van der Waals surface area contributed by atoms with Gasteiger partial charge in [-0.05, 0) is 62.1 Å². The smallest absolute Gasteiger partial charge is 0.270 e. The Kier molecular flexibility index (Phi) is 3.26. The number of H-pyrrole nitrogens is 1. The molecular formula is C19H20N2O2. The molecule has 0 unspecified atom stereocenters. The van der Waals surface area contributed by atoms with E-state index in [1.54, 1.807) is 6.26 Å². The summed E-state index contributed by atoms with van der Waals surface area (Å²) in [7, 11) is 0. The highest BCUT2D eigenvalue weighted by Crippen LogP contribution is 2.31. The van der Waals surface area contributed by atoms with Crippen LogP contribution in [0.25, 0.3) is 10.9 Å². The fraction of sp³-hybridized carbons (Fsp3) is 0.316. The van der Waals surface area contributed by atoms with Crippen molar-refractivity contribution in [1.29, 1.82) is 0 Å². The largest absolute Gasteiger partial charge is 0.467 e. The number of aromatic nitrogens is 1. The zero-order valence-electron chi connectivity index (χ0n) is 13.4. The Labute approximate surface area is 135 Å². The number of aromatic amines is 1. The molecule has 1 fully saturated rings. The average molecular weight is 308 g/mol. The van der Waals surface area contributed by atoms with Gasteiger partial charge >= 0.3 is 0 Å². The molecule has 1 aliphatic rings. The van der Waals surface area contributed by atoms with Crippen LogP contribution < -0.4 is 0 Å². The van der Waals surface area contributed by atoms with Crippen molar-refractivity contribution < 1.29 is 9.21 Å². The Balaban J connectivity index is 1.67. The van der Waals surface area contributed by atoms with E-state index in [0.29, 0.717) is 18.3 Å². The van der Waals surface area contributed by atoms with Gasteiger partial charge in [0.1, 0.15) is 11.5 Å². The second kappa shape index (κ2) is 5.30. The highest BCUT2D eigenvalue weighted by atomic mass is 16.3. The number of amides is 1. The van der Waals surface area contributed by atoms with Crippen molar-refractivity contribution in [3.63, 3.8) is 0 Å². The first-order chi connectivity index (χ1) is 11.1. The van der Waals surface area contributed by atoms with Crippen LogP contribution in [0.15, 0.2) is 41.0 Å². The SMILES string of the molecule is Cc1cc(C)c2cc(C(=O)N(Cc3ccco3)C3CC3)[nH]c2c1. The monoisotopic (exact) mass is 308 g/mol. The van der Waals surface area contributed by atoms with E-state index in [9.17, 15) is 4.79 Å². The van der Waals surface area contributed by atoms with Crippen LogP contribution in [-0.2, 0) is 6.54 Å². The molecule has 3 aromatic rings. The quantitative estimate of drug-likeness (QED) is 0.786. The molecule has 0 saturated heterocycles. The molecule has 23 heavy (non-hydrogen) atoms. The molecule has 0 aliphatic heterocycles. The summed E-state index contributed by atoms with van der Waals surface area (Å²) in [6.07, 6.45) is 3.80. The molecule has 2 heterocycles. The van der Waals surface area contributed by atoms with E-state index >= 15 is 0 Å². The summed E-state index contributed by atoms with van der Waals surface area (Å²) in [5.41, 5.74) is 4.08. The lowest BCUT2D eigenvalue weighted by Crippen LogP contribution is -2.32. The molecule has 4 heteroatoms. The summed E-state index contributed by atoms with van der Waals surface area (Å²) >= 11 is 0. The highest BCUT2D eigenvalue weighted by molar-refractivity contribution is 5.99. The summed E-state index contributed by atoms with van der Waals surface area (Å²) in [6.45, 7) is 4.69. The van der Waals surface area contributed by atoms with E-state index in [-0.39, 0.29) is 5.91 Å². The summed E-state index contributed by atoms with van der Waals surface area (Å²) in [4.78, 5) is 18.2. The number of carbonyl (C=O) groups is 1. The number of benzene rings is 1. The Morgan fingerprint density at radius 3 is 2.83 bits per heavy atom. The van der Waals surface area contributed by atoms with E-state index in [4.69, 9.17) is 4.42 Å². The van der Waals surface area contributed by atoms with Crippen molar-refractivity contribution in [1.82, 2.24) is 9.88 Å². The van der Waals surface area contributed by atoms with Crippen LogP contribution >= 0.6 is 0 Å². The van der Waals surface area contributed by atoms with Crippen molar-refractivity contribution >= 4 is 16.8 Å². The lowest BCUT2D eigenvalue weighted by molar-refractivity contribution is 0.0712.